The first kappa shape index (κ1) is 15.5. The summed E-state index contributed by atoms with van der Waals surface area (Å²) in [5.74, 6) is 6.44. The lowest BCUT2D eigenvalue weighted by Crippen LogP contribution is -2.30. The molecule has 2 aromatic rings. The molecule has 0 fully saturated rings. The second-order valence-electron chi connectivity index (χ2n) is 4.98. The van der Waals surface area contributed by atoms with E-state index in [9.17, 15) is 4.79 Å². The number of carbonyl (C=O) groups is 1. The quantitative estimate of drug-likeness (QED) is 0.506. The monoisotopic (exact) mass is 301 g/mol. The van der Waals surface area contributed by atoms with Gasteiger partial charge in [-0.2, -0.15) is 11.8 Å². The van der Waals surface area contributed by atoms with Crippen LogP contribution in [0.25, 0.3) is 0 Å². The number of nitrogen functional groups attached to an aromatic ring is 1. The average molecular weight is 301 g/mol. The number of hydrogen-bond acceptors (Lipinski definition) is 4. The minimum absolute atomic E-state index is 0.349. The number of nitrogens with two attached hydrogens (primary N) is 1. The van der Waals surface area contributed by atoms with Gasteiger partial charge in [-0.15, -0.1) is 0 Å². The van der Waals surface area contributed by atoms with Crippen LogP contribution in [0.15, 0.2) is 36.4 Å². The van der Waals surface area contributed by atoms with E-state index in [1.165, 1.54) is 16.7 Å². The standard InChI is InChI=1S/C16H19N3OS/c1-11-6-12(2)8-13(7-11)9-21-10-14-4-3-5-15(18-14)16(20)19-17/h3-8H,9-10,17H2,1-2H3,(H,19,20). The molecule has 0 aliphatic heterocycles. The maximum Gasteiger partial charge on any atom is 0.283 e. The summed E-state index contributed by atoms with van der Waals surface area (Å²) in [6.07, 6.45) is 0. The Balaban J connectivity index is 1.95. The molecule has 4 nitrogen and oxygen atoms in total. The zero-order chi connectivity index (χ0) is 15.2. The molecule has 0 radical (unpaired) electrons. The van der Waals surface area contributed by atoms with Crippen molar-refractivity contribution in [2.75, 3.05) is 0 Å². The van der Waals surface area contributed by atoms with Crippen molar-refractivity contribution in [3.05, 3.63) is 64.5 Å². The van der Waals surface area contributed by atoms with Crippen LogP contribution in [0.3, 0.4) is 0 Å². The van der Waals surface area contributed by atoms with Crippen LogP contribution in [0.2, 0.25) is 0 Å². The Labute approximate surface area is 129 Å². The van der Waals surface area contributed by atoms with Gasteiger partial charge in [-0.05, 0) is 31.5 Å². The first-order valence-corrected chi connectivity index (χ1v) is 7.86. The predicted octanol–water partition coefficient (Wildman–Crippen LogP) is 2.74. The number of carbonyl (C=O) groups excluding carboxylic acids is 1. The van der Waals surface area contributed by atoms with E-state index in [-0.39, 0.29) is 5.91 Å². The molecule has 0 atom stereocenters. The molecule has 5 heteroatoms. The van der Waals surface area contributed by atoms with E-state index in [2.05, 4.69) is 42.5 Å². The number of nitrogens with one attached hydrogen (secondary N) is 1. The van der Waals surface area contributed by atoms with Gasteiger partial charge in [0.1, 0.15) is 5.69 Å². The molecule has 1 aromatic heterocycles. The van der Waals surface area contributed by atoms with Crippen LogP contribution < -0.4 is 11.3 Å². The number of pyridine rings is 1. The van der Waals surface area contributed by atoms with E-state index in [0.29, 0.717) is 5.69 Å². The fourth-order valence-electron chi connectivity index (χ4n) is 2.19. The van der Waals surface area contributed by atoms with Crippen LogP contribution in [-0.4, -0.2) is 10.9 Å². The molecule has 0 saturated heterocycles. The Hall–Kier alpha value is -1.85. The molecule has 0 saturated carbocycles. The van der Waals surface area contributed by atoms with Crippen LogP contribution in [0.5, 0.6) is 0 Å². The zero-order valence-electron chi connectivity index (χ0n) is 12.2. The van der Waals surface area contributed by atoms with Gasteiger partial charge in [0.25, 0.3) is 5.91 Å². The van der Waals surface area contributed by atoms with Gasteiger partial charge < -0.3 is 0 Å². The number of aromatic nitrogens is 1. The summed E-state index contributed by atoms with van der Waals surface area (Å²) in [5, 5.41) is 0. The van der Waals surface area contributed by atoms with Crippen molar-refractivity contribution >= 4 is 17.7 Å². The van der Waals surface area contributed by atoms with Gasteiger partial charge in [-0.3, -0.25) is 10.2 Å². The average Bonchev–Trinajstić information content (AvgIpc) is 2.46. The molecular weight excluding hydrogens is 282 g/mol. The number of aryl methyl sites for hydroxylation is 2. The largest absolute Gasteiger partial charge is 0.289 e. The van der Waals surface area contributed by atoms with E-state index < -0.39 is 0 Å². The van der Waals surface area contributed by atoms with Crippen LogP contribution in [0.4, 0.5) is 0 Å². The molecule has 0 aliphatic carbocycles. The second kappa shape index (κ2) is 7.24. The van der Waals surface area contributed by atoms with Crippen LogP contribution in [0.1, 0.15) is 32.9 Å². The van der Waals surface area contributed by atoms with Crippen molar-refractivity contribution in [1.82, 2.24) is 10.4 Å². The number of hydrogen-bond donors (Lipinski definition) is 2. The second-order valence-corrected chi connectivity index (χ2v) is 5.96. The topological polar surface area (TPSA) is 68.0 Å². The summed E-state index contributed by atoms with van der Waals surface area (Å²) in [7, 11) is 0. The lowest BCUT2D eigenvalue weighted by atomic mass is 10.1. The maximum absolute atomic E-state index is 11.4. The van der Waals surface area contributed by atoms with Crippen molar-refractivity contribution in [1.29, 1.82) is 0 Å². The Morgan fingerprint density at radius 2 is 1.90 bits per heavy atom. The van der Waals surface area contributed by atoms with Crippen LogP contribution in [0, 0.1) is 13.8 Å². The Kier molecular flexibility index (Phi) is 5.36. The molecular formula is C16H19N3OS. The van der Waals surface area contributed by atoms with E-state index in [4.69, 9.17) is 5.84 Å². The van der Waals surface area contributed by atoms with Gasteiger partial charge >= 0.3 is 0 Å². The van der Waals surface area contributed by atoms with Crippen molar-refractivity contribution in [3.8, 4) is 0 Å². The van der Waals surface area contributed by atoms with Gasteiger partial charge in [0.2, 0.25) is 0 Å². The number of nitrogens with zero attached hydrogens (tertiary/aromatic N) is 1. The number of hydrazine groups is 1. The third-order valence-corrected chi connectivity index (χ3v) is 4.01. The third kappa shape index (κ3) is 4.58. The SMILES string of the molecule is Cc1cc(C)cc(CSCc2cccc(C(=O)NN)n2)c1. The van der Waals surface area contributed by atoms with Gasteiger partial charge in [0.15, 0.2) is 0 Å². The third-order valence-electron chi connectivity index (χ3n) is 2.97. The molecule has 0 unspecified atom stereocenters. The fraction of sp³-hybridized carbons (Fsp3) is 0.250. The number of rotatable bonds is 5. The van der Waals surface area contributed by atoms with Gasteiger partial charge in [0, 0.05) is 11.5 Å². The minimum Gasteiger partial charge on any atom is -0.289 e. The van der Waals surface area contributed by atoms with Crippen molar-refractivity contribution in [2.24, 2.45) is 5.84 Å². The van der Waals surface area contributed by atoms with Crippen molar-refractivity contribution in [3.63, 3.8) is 0 Å². The van der Waals surface area contributed by atoms with E-state index in [0.717, 1.165) is 17.2 Å². The summed E-state index contributed by atoms with van der Waals surface area (Å²) in [6.45, 7) is 4.22. The molecule has 3 N–H and O–H groups in total. The Morgan fingerprint density at radius 1 is 1.19 bits per heavy atom. The molecule has 1 aromatic carbocycles. The van der Waals surface area contributed by atoms with Crippen molar-refractivity contribution < 1.29 is 4.79 Å². The summed E-state index contributed by atoms with van der Waals surface area (Å²) in [5.41, 5.74) is 7.20. The van der Waals surface area contributed by atoms with E-state index in [1.807, 2.05) is 12.1 Å². The highest BCUT2D eigenvalue weighted by Gasteiger charge is 2.06. The minimum atomic E-state index is -0.365. The molecule has 0 aliphatic rings. The van der Waals surface area contributed by atoms with E-state index >= 15 is 0 Å². The predicted molar refractivity (Wildman–Crippen MR) is 86.8 cm³/mol. The molecule has 0 bridgehead atoms. The Bertz CT molecular complexity index is 623. The maximum atomic E-state index is 11.4. The highest BCUT2D eigenvalue weighted by atomic mass is 32.2. The van der Waals surface area contributed by atoms with Gasteiger partial charge in [-0.25, -0.2) is 10.8 Å². The lowest BCUT2D eigenvalue weighted by Gasteiger charge is -2.06. The number of amides is 1. The first-order valence-electron chi connectivity index (χ1n) is 6.70. The van der Waals surface area contributed by atoms with Gasteiger partial charge in [0.05, 0.1) is 5.69 Å². The summed E-state index contributed by atoms with van der Waals surface area (Å²) in [6, 6.07) is 12.0. The molecule has 2 rings (SSSR count). The molecule has 21 heavy (non-hydrogen) atoms. The number of benzene rings is 1. The Morgan fingerprint density at radius 3 is 2.57 bits per heavy atom. The molecule has 110 valence electrons. The van der Waals surface area contributed by atoms with Crippen LogP contribution >= 0.6 is 11.8 Å². The highest BCUT2D eigenvalue weighted by Crippen LogP contribution is 2.19. The van der Waals surface area contributed by atoms with E-state index in [1.54, 1.807) is 17.8 Å². The summed E-state index contributed by atoms with van der Waals surface area (Å²) < 4.78 is 0. The fourth-order valence-corrected chi connectivity index (χ4v) is 3.06. The van der Waals surface area contributed by atoms with Gasteiger partial charge in [-0.1, -0.05) is 35.4 Å². The molecule has 1 amide bonds. The molecule has 1 heterocycles. The number of thioether (sulfide) groups is 1. The zero-order valence-corrected chi connectivity index (χ0v) is 13.0. The van der Waals surface area contributed by atoms with Crippen molar-refractivity contribution in [2.45, 2.75) is 25.4 Å². The normalized spacial score (nSPS) is 10.4. The summed E-state index contributed by atoms with van der Waals surface area (Å²) in [4.78, 5) is 15.7. The first-order chi connectivity index (χ1) is 10.1. The highest BCUT2D eigenvalue weighted by molar-refractivity contribution is 7.97. The molecule has 0 spiro atoms. The van der Waals surface area contributed by atoms with Crippen LogP contribution in [-0.2, 0) is 11.5 Å². The smallest absolute Gasteiger partial charge is 0.283 e. The summed E-state index contributed by atoms with van der Waals surface area (Å²) >= 11 is 1.78. The lowest BCUT2D eigenvalue weighted by molar-refractivity contribution is 0.0948.